The third kappa shape index (κ3) is 3.07. The number of ether oxygens (including phenoxy) is 1. The number of fused-ring (bicyclic) bond motifs is 5. The van der Waals surface area contributed by atoms with Gasteiger partial charge in [0.25, 0.3) is 0 Å². The van der Waals surface area contributed by atoms with Crippen molar-refractivity contribution in [1.29, 1.82) is 0 Å². The van der Waals surface area contributed by atoms with E-state index in [0.29, 0.717) is 36.2 Å². The molecule has 5 unspecified atom stereocenters. The van der Waals surface area contributed by atoms with E-state index in [4.69, 9.17) is 4.74 Å². The molecule has 0 saturated heterocycles. The van der Waals surface area contributed by atoms with E-state index in [1.807, 2.05) is 6.07 Å². The molecule has 0 heterocycles. The zero-order valence-electron chi connectivity index (χ0n) is 16.4. The van der Waals surface area contributed by atoms with Gasteiger partial charge in [0.1, 0.15) is 11.9 Å². The molecule has 0 spiro atoms. The second kappa shape index (κ2) is 6.96. The van der Waals surface area contributed by atoms with Crippen LogP contribution in [-0.4, -0.2) is 23.0 Å². The first-order chi connectivity index (χ1) is 12.9. The van der Waals surface area contributed by atoms with E-state index in [1.54, 1.807) is 12.1 Å². The number of phenols is 1. The Labute approximate surface area is 161 Å². The molecule has 1 aromatic carbocycles. The zero-order valence-corrected chi connectivity index (χ0v) is 16.4. The number of esters is 1. The molecule has 27 heavy (non-hydrogen) atoms. The van der Waals surface area contributed by atoms with Crippen LogP contribution in [0.1, 0.15) is 87.1 Å². The largest absolute Gasteiger partial charge is 0.508 e. The number of benzene rings is 1. The summed E-state index contributed by atoms with van der Waals surface area (Å²) in [6.07, 6.45) is 6.93. The van der Waals surface area contributed by atoms with Crippen molar-refractivity contribution in [2.75, 3.05) is 0 Å². The van der Waals surface area contributed by atoms with E-state index < -0.39 is 0 Å². The van der Waals surface area contributed by atoms with Crippen LogP contribution in [0, 0.1) is 17.3 Å². The number of hydrogen-bond acceptors (Lipinski definition) is 4. The molecule has 3 aliphatic carbocycles. The predicted molar refractivity (Wildman–Crippen MR) is 103 cm³/mol. The van der Waals surface area contributed by atoms with Gasteiger partial charge in [-0.25, -0.2) is 0 Å². The molecular weight excluding hydrogens is 340 g/mol. The Morgan fingerprint density at radius 2 is 2.11 bits per heavy atom. The number of carbonyl (C=O) groups excluding carboxylic acids is 2. The molecule has 0 bridgehead atoms. The van der Waals surface area contributed by atoms with Gasteiger partial charge in [-0.05, 0) is 67.6 Å². The third-order valence-corrected chi connectivity index (χ3v) is 7.52. The first-order valence-electron chi connectivity index (χ1n) is 10.5. The molecule has 3 aliphatic rings. The molecule has 2 fully saturated rings. The number of aromatic hydroxyl groups is 1. The fraction of sp³-hybridized carbons (Fsp3) is 0.652. The smallest absolute Gasteiger partial charge is 0.306 e. The van der Waals surface area contributed by atoms with Crippen LogP contribution in [0.15, 0.2) is 18.2 Å². The molecule has 1 aromatic rings. The van der Waals surface area contributed by atoms with Crippen LogP contribution < -0.4 is 0 Å². The average molecular weight is 370 g/mol. The Morgan fingerprint density at radius 1 is 1.30 bits per heavy atom. The maximum absolute atomic E-state index is 12.8. The Bertz CT molecular complexity index is 755. The minimum Gasteiger partial charge on any atom is -0.508 e. The number of Topliss-reactive ketones (excluding diaryl/α,β-unsaturated/α-hetero) is 1. The molecule has 0 radical (unpaired) electrons. The van der Waals surface area contributed by atoms with Crippen LogP contribution >= 0.6 is 0 Å². The summed E-state index contributed by atoms with van der Waals surface area (Å²) in [5.41, 5.74) is 1.80. The molecule has 0 amide bonds. The van der Waals surface area contributed by atoms with E-state index in [0.717, 1.165) is 44.1 Å². The summed E-state index contributed by atoms with van der Waals surface area (Å²) in [6, 6.07) is 5.28. The molecule has 4 nitrogen and oxygen atoms in total. The van der Waals surface area contributed by atoms with Crippen molar-refractivity contribution in [2.45, 2.75) is 77.2 Å². The minimum absolute atomic E-state index is 0.0101. The summed E-state index contributed by atoms with van der Waals surface area (Å²) in [7, 11) is 0. The Morgan fingerprint density at radius 3 is 2.89 bits per heavy atom. The second-order valence-electron chi connectivity index (χ2n) is 8.98. The van der Waals surface area contributed by atoms with Gasteiger partial charge in [-0.2, -0.15) is 0 Å². The first-order valence-corrected chi connectivity index (χ1v) is 10.5. The van der Waals surface area contributed by atoms with Crippen molar-refractivity contribution in [3.8, 4) is 5.75 Å². The zero-order chi connectivity index (χ0) is 19.2. The highest BCUT2D eigenvalue weighted by molar-refractivity contribution is 5.99. The normalized spacial score (nSPS) is 34.5. The molecule has 0 aliphatic heterocycles. The average Bonchev–Trinajstić information content (AvgIpc) is 2.97. The Hall–Kier alpha value is -1.84. The van der Waals surface area contributed by atoms with Gasteiger partial charge in [0.05, 0.1) is 0 Å². The number of unbranched alkanes of at least 4 members (excludes halogenated alkanes) is 1. The molecule has 146 valence electrons. The van der Waals surface area contributed by atoms with Gasteiger partial charge in [-0.15, -0.1) is 0 Å². The quantitative estimate of drug-likeness (QED) is 0.758. The number of ketones is 1. The van der Waals surface area contributed by atoms with Crippen molar-refractivity contribution in [3.63, 3.8) is 0 Å². The highest BCUT2D eigenvalue weighted by atomic mass is 16.5. The second-order valence-corrected chi connectivity index (χ2v) is 8.98. The highest BCUT2D eigenvalue weighted by Gasteiger charge is 2.57. The summed E-state index contributed by atoms with van der Waals surface area (Å²) < 4.78 is 5.92. The number of phenolic OH excluding ortho intramolecular Hbond substituents is 1. The van der Waals surface area contributed by atoms with E-state index in [1.165, 1.54) is 0 Å². The summed E-state index contributed by atoms with van der Waals surface area (Å²) >= 11 is 0. The van der Waals surface area contributed by atoms with Gasteiger partial charge in [0, 0.05) is 23.8 Å². The van der Waals surface area contributed by atoms with Crippen LogP contribution in [0.4, 0.5) is 0 Å². The van der Waals surface area contributed by atoms with Crippen LogP contribution in [0.2, 0.25) is 0 Å². The molecule has 1 N–H and O–H groups in total. The van der Waals surface area contributed by atoms with Crippen LogP contribution in [-0.2, 0) is 9.53 Å². The number of carbonyl (C=O) groups is 2. The van der Waals surface area contributed by atoms with Crippen LogP contribution in [0.3, 0.4) is 0 Å². The lowest BCUT2D eigenvalue weighted by molar-refractivity contribution is -0.157. The van der Waals surface area contributed by atoms with Gasteiger partial charge in [0.15, 0.2) is 5.78 Å². The van der Waals surface area contributed by atoms with Gasteiger partial charge in [-0.1, -0.05) is 26.3 Å². The predicted octanol–water partition coefficient (Wildman–Crippen LogP) is 4.99. The van der Waals surface area contributed by atoms with Gasteiger partial charge in [-0.3, -0.25) is 9.59 Å². The monoisotopic (exact) mass is 370 g/mol. The standard InChI is InChI=1S/C23H30O4/c1-3-4-5-22(26)27-21-9-8-19-17-13-20(25)18-12-14(24)6-7-15(18)16(17)10-11-23(19,21)2/h6-7,12,16-17,19,21,24H,3-5,8-11,13H2,1-2H3. The number of rotatable bonds is 4. The lowest BCUT2D eigenvalue weighted by Crippen LogP contribution is -2.46. The number of hydrogen-bond donors (Lipinski definition) is 1. The molecule has 5 atom stereocenters. The summed E-state index contributed by atoms with van der Waals surface area (Å²) in [6.45, 7) is 4.36. The van der Waals surface area contributed by atoms with Gasteiger partial charge in [0.2, 0.25) is 0 Å². The minimum atomic E-state index is -0.0635. The third-order valence-electron chi connectivity index (χ3n) is 7.52. The van der Waals surface area contributed by atoms with Crippen molar-refractivity contribution < 1.29 is 19.4 Å². The SMILES string of the molecule is CCCCC(=O)OC1CCC2C3CC(=O)c4cc(O)ccc4C3CCC12C. The van der Waals surface area contributed by atoms with E-state index in [9.17, 15) is 14.7 Å². The fourth-order valence-corrected chi connectivity index (χ4v) is 6.08. The lowest BCUT2D eigenvalue weighted by Gasteiger charge is -2.50. The van der Waals surface area contributed by atoms with Gasteiger partial charge >= 0.3 is 5.97 Å². The molecule has 0 aromatic heterocycles. The van der Waals surface area contributed by atoms with Gasteiger partial charge < -0.3 is 9.84 Å². The maximum atomic E-state index is 12.8. The van der Waals surface area contributed by atoms with E-state index in [2.05, 4.69) is 13.8 Å². The molecule has 2 saturated carbocycles. The summed E-state index contributed by atoms with van der Waals surface area (Å²) in [4.78, 5) is 25.0. The first kappa shape index (κ1) is 18.5. The fourth-order valence-electron chi connectivity index (χ4n) is 6.08. The van der Waals surface area contributed by atoms with E-state index >= 15 is 0 Å². The maximum Gasteiger partial charge on any atom is 0.306 e. The molecule has 4 rings (SSSR count). The summed E-state index contributed by atoms with van der Waals surface area (Å²) in [5, 5.41) is 9.77. The van der Waals surface area contributed by atoms with Crippen molar-refractivity contribution in [3.05, 3.63) is 29.3 Å². The summed E-state index contributed by atoms with van der Waals surface area (Å²) in [5.74, 6) is 1.38. The van der Waals surface area contributed by atoms with Crippen LogP contribution in [0.5, 0.6) is 5.75 Å². The van der Waals surface area contributed by atoms with Crippen molar-refractivity contribution >= 4 is 11.8 Å². The lowest BCUT2D eigenvalue weighted by atomic mass is 9.55. The molecular formula is C23H30O4. The van der Waals surface area contributed by atoms with E-state index in [-0.39, 0.29) is 29.0 Å². The topological polar surface area (TPSA) is 63.6 Å². The molecule has 4 heteroatoms. The highest BCUT2D eigenvalue weighted by Crippen LogP contribution is 2.61. The Balaban J connectivity index is 1.56. The van der Waals surface area contributed by atoms with Crippen LogP contribution in [0.25, 0.3) is 0 Å². The van der Waals surface area contributed by atoms with Crippen molar-refractivity contribution in [1.82, 2.24) is 0 Å². The Kier molecular flexibility index (Phi) is 4.77. The van der Waals surface area contributed by atoms with Crippen molar-refractivity contribution in [2.24, 2.45) is 17.3 Å².